The van der Waals surface area contributed by atoms with Crippen LogP contribution in [0.2, 0.25) is 0 Å². The molecule has 116 valence electrons. The largest absolute Gasteiger partial charge is 0.300 e. The molecular weight excluding hydrogens is 262 g/mol. The molecule has 0 aliphatic heterocycles. The van der Waals surface area contributed by atoms with Gasteiger partial charge in [0.2, 0.25) is 0 Å². The van der Waals surface area contributed by atoms with Crippen LogP contribution in [0.1, 0.15) is 50.2 Å². The molecule has 1 aromatic heterocycles. The monoisotopic (exact) mass is 289 g/mol. The summed E-state index contributed by atoms with van der Waals surface area (Å²) in [5, 5.41) is 0. The quantitative estimate of drug-likeness (QED) is 0.836. The van der Waals surface area contributed by atoms with Crippen LogP contribution in [0, 0.1) is 12.3 Å². The summed E-state index contributed by atoms with van der Waals surface area (Å²) in [5.41, 5.74) is 2.64. The highest BCUT2D eigenvalue weighted by molar-refractivity contribution is 5.23. The summed E-state index contributed by atoms with van der Waals surface area (Å²) in [6, 6.07) is 1.18. The van der Waals surface area contributed by atoms with E-state index < -0.39 is 0 Å². The Morgan fingerprint density at radius 3 is 2.57 bits per heavy atom. The van der Waals surface area contributed by atoms with Gasteiger partial charge in [-0.15, -0.1) is 0 Å². The average Bonchev–Trinajstić information content (AvgIpc) is 2.41. The fourth-order valence-corrected chi connectivity index (χ4v) is 4.01. The van der Waals surface area contributed by atoms with Gasteiger partial charge in [-0.3, -0.25) is 9.36 Å². The molecule has 2 aliphatic carbocycles. The standard InChI is InChI=1S/C17H27N3O/c1-11-18-15-7-6-12(8-14(15)16(21)19(11)4)20(5)13-9-17(2,3)10-13/h12-13H,6-10H2,1-5H3/t12-/m0/s1. The first-order valence-electron chi connectivity index (χ1n) is 8.06. The maximum Gasteiger partial charge on any atom is 0.256 e. The van der Waals surface area contributed by atoms with Crippen LogP contribution in [0.15, 0.2) is 4.79 Å². The Morgan fingerprint density at radius 1 is 1.29 bits per heavy atom. The Kier molecular flexibility index (Phi) is 3.47. The fourth-order valence-electron chi connectivity index (χ4n) is 4.01. The van der Waals surface area contributed by atoms with Crippen LogP contribution in [0.5, 0.6) is 0 Å². The van der Waals surface area contributed by atoms with Crippen LogP contribution in [-0.4, -0.2) is 33.6 Å². The number of rotatable bonds is 2. The third kappa shape index (κ3) is 2.54. The molecule has 0 aromatic carbocycles. The topological polar surface area (TPSA) is 38.1 Å². The van der Waals surface area contributed by atoms with Crippen molar-refractivity contribution < 1.29 is 0 Å². The Labute approximate surface area is 127 Å². The Balaban J connectivity index is 1.79. The SMILES string of the molecule is Cc1nc2c(c(=O)n1C)C[C@@H](N(C)C1CC(C)(C)C1)CC2. The number of aromatic nitrogens is 2. The number of aryl methyl sites for hydroxylation is 2. The van der Waals surface area contributed by atoms with E-state index in [4.69, 9.17) is 0 Å². The maximum atomic E-state index is 12.5. The van der Waals surface area contributed by atoms with Gasteiger partial charge in [0.1, 0.15) is 5.82 Å². The lowest BCUT2D eigenvalue weighted by Gasteiger charge is -2.50. The molecule has 0 spiro atoms. The smallest absolute Gasteiger partial charge is 0.256 e. The molecule has 3 rings (SSSR count). The molecule has 1 aromatic rings. The van der Waals surface area contributed by atoms with Gasteiger partial charge in [-0.05, 0) is 51.5 Å². The minimum absolute atomic E-state index is 0.157. The molecule has 2 aliphatic rings. The van der Waals surface area contributed by atoms with E-state index in [0.29, 0.717) is 17.5 Å². The van der Waals surface area contributed by atoms with Crippen LogP contribution in [0.25, 0.3) is 0 Å². The molecule has 0 unspecified atom stereocenters. The zero-order valence-corrected chi connectivity index (χ0v) is 13.9. The molecular formula is C17H27N3O. The van der Waals surface area contributed by atoms with Gasteiger partial charge in [-0.1, -0.05) is 13.8 Å². The van der Waals surface area contributed by atoms with Crippen molar-refractivity contribution >= 4 is 0 Å². The first-order chi connectivity index (χ1) is 9.78. The highest BCUT2D eigenvalue weighted by Gasteiger charge is 2.40. The summed E-state index contributed by atoms with van der Waals surface area (Å²) in [7, 11) is 4.06. The average molecular weight is 289 g/mol. The van der Waals surface area contributed by atoms with Crippen molar-refractivity contribution in [3.63, 3.8) is 0 Å². The van der Waals surface area contributed by atoms with Gasteiger partial charge in [-0.25, -0.2) is 4.98 Å². The lowest BCUT2D eigenvalue weighted by atomic mass is 9.67. The molecule has 0 saturated heterocycles. The van der Waals surface area contributed by atoms with Crippen molar-refractivity contribution in [3.05, 3.63) is 27.4 Å². The lowest BCUT2D eigenvalue weighted by molar-refractivity contribution is 0.0131. The van der Waals surface area contributed by atoms with E-state index in [1.165, 1.54) is 12.8 Å². The molecule has 21 heavy (non-hydrogen) atoms. The summed E-state index contributed by atoms with van der Waals surface area (Å²) in [6.07, 6.45) is 5.48. The Hall–Kier alpha value is -1.16. The normalized spacial score (nSPS) is 24.8. The third-order valence-corrected chi connectivity index (χ3v) is 5.58. The molecule has 0 radical (unpaired) electrons. The van der Waals surface area contributed by atoms with E-state index >= 15 is 0 Å². The number of nitrogens with zero attached hydrogens (tertiary/aromatic N) is 3. The zero-order valence-electron chi connectivity index (χ0n) is 13.9. The second kappa shape index (κ2) is 4.94. The number of likely N-dealkylation sites (N-methyl/N-ethyl adjacent to an activating group) is 1. The van der Waals surface area contributed by atoms with Crippen LogP contribution in [0.3, 0.4) is 0 Å². The summed E-state index contributed by atoms with van der Waals surface area (Å²) < 4.78 is 1.69. The molecule has 1 fully saturated rings. The van der Waals surface area contributed by atoms with Crippen LogP contribution in [0.4, 0.5) is 0 Å². The second-order valence-corrected chi connectivity index (χ2v) is 7.74. The lowest BCUT2D eigenvalue weighted by Crippen LogP contribution is -2.52. The van der Waals surface area contributed by atoms with Crippen LogP contribution >= 0.6 is 0 Å². The van der Waals surface area contributed by atoms with Gasteiger partial charge in [0.15, 0.2) is 0 Å². The van der Waals surface area contributed by atoms with Gasteiger partial charge in [0.25, 0.3) is 5.56 Å². The maximum absolute atomic E-state index is 12.5. The molecule has 0 bridgehead atoms. The van der Waals surface area contributed by atoms with Crippen molar-refractivity contribution in [1.82, 2.24) is 14.5 Å². The first kappa shape index (κ1) is 14.8. The molecule has 0 amide bonds. The van der Waals surface area contributed by atoms with Gasteiger partial charge in [0, 0.05) is 24.7 Å². The van der Waals surface area contributed by atoms with Crippen LogP contribution in [-0.2, 0) is 19.9 Å². The van der Waals surface area contributed by atoms with Gasteiger partial charge in [0.05, 0.1) is 5.69 Å². The number of fused-ring (bicyclic) bond motifs is 1. The van der Waals surface area contributed by atoms with E-state index in [1.54, 1.807) is 4.57 Å². The minimum atomic E-state index is 0.157. The van der Waals surface area contributed by atoms with Crippen molar-refractivity contribution in [2.75, 3.05) is 7.05 Å². The Bertz CT molecular complexity index is 609. The van der Waals surface area contributed by atoms with E-state index in [1.807, 2.05) is 14.0 Å². The van der Waals surface area contributed by atoms with Crippen molar-refractivity contribution in [2.45, 2.75) is 65.0 Å². The van der Waals surface area contributed by atoms with Gasteiger partial charge in [-0.2, -0.15) is 0 Å². The van der Waals surface area contributed by atoms with Crippen LogP contribution < -0.4 is 5.56 Å². The molecule has 1 saturated carbocycles. The first-order valence-corrected chi connectivity index (χ1v) is 8.06. The summed E-state index contributed by atoms with van der Waals surface area (Å²) in [4.78, 5) is 19.6. The molecule has 1 atom stereocenters. The van der Waals surface area contributed by atoms with Crippen molar-refractivity contribution in [2.24, 2.45) is 12.5 Å². The second-order valence-electron chi connectivity index (χ2n) is 7.74. The molecule has 1 heterocycles. The highest BCUT2D eigenvalue weighted by atomic mass is 16.1. The third-order valence-electron chi connectivity index (χ3n) is 5.58. The summed E-state index contributed by atoms with van der Waals surface area (Å²) in [5.74, 6) is 0.825. The predicted octanol–water partition coefficient (Wildman–Crippen LogP) is 2.07. The molecule has 4 nitrogen and oxygen atoms in total. The van der Waals surface area contributed by atoms with E-state index in [9.17, 15) is 4.79 Å². The predicted molar refractivity (Wildman–Crippen MR) is 84.6 cm³/mol. The van der Waals surface area contributed by atoms with E-state index in [-0.39, 0.29) is 5.56 Å². The number of hydrogen-bond donors (Lipinski definition) is 0. The summed E-state index contributed by atoms with van der Waals surface area (Å²) >= 11 is 0. The van der Waals surface area contributed by atoms with Gasteiger partial charge >= 0.3 is 0 Å². The van der Waals surface area contributed by atoms with Crippen molar-refractivity contribution in [3.8, 4) is 0 Å². The number of hydrogen-bond acceptors (Lipinski definition) is 3. The minimum Gasteiger partial charge on any atom is -0.300 e. The highest BCUT2D eigenvalue weighted by Crippen LogP contribution is 2.43. The summed E-state index contributed by atoms with van der Waals surface area (Å²) in [6.45, 7) is 6.60. The van der Waals surface area contributed by atoms with Gasteiger partial charge < -0.3 is 4.90 Å². The Morgan fingerprint density at radius 2 is 1.95 bits per heavy atom. The molecule has 0 N–H and O–H groups in total. The van der Waals surface area contributed by atoms with E-state index in [2.05, 4.69) is 30.8 Å². The fraction of sp³-hybridized carbons (Fsp3) is 0.765. The van der Waals surface area contributed by atoms with Crippen molar-refractivity contribution in [1.29, 1.82) is 0 Å². The van der Waals surface area contributed by atoms with E-state index in [0.717, 1.165) is 36.3 Å². The zero-order chi connectivity index (χ0) is 15.4. The molecule has 4 heteroatoms.